The number of carbonyl (C=O) groups excluding carboxylic acids is 1. The first kappa shape index (κ1) is 16.0. The lowest BCUT2D eigenvalue weighted by atomic mass is 9.80. The van der Waals surface area contributed by atoms with Gasteiger partial charge in [0.25, 0.3) is 0 Å². The monoisotopic (exact) mass is 270 g/mol. The van der Waals surface area contributed by atoms with Gasteiger partial charge in [-0.15, -0.1) is 0 Å². The van der Waals surface area contributed by atoms with Gasteiger partial charge in [-0.1, -0.05) is 19.8 Å². The number of nitrogens with one attached hydrogen (secondary N) is 2. The summed E-state index contributed by atoms with van der Waals surface area (Å²) in [6, 6.07) is 0. The number of aliphatic carboxylic acids is 1. The van der Waals surface area contributed by atoms with E-state index in [1.165, 1.54) is 0 Å². The molecule has 1 heterocycles. The highest BCUT2D eigenvalue weighted by atomic mass is 16.4. The molecule has 1 rings (SSSR count). The molecule has 0 bridgehead atoms. The maximum absolute atomic E-state index is 12.1. The fourth-order valence-corrected chi connectivity index (χ4v) is 2.38. The van der Waals surface area contributed by atoms with Crippen molar-refractivity contribution in [3.05, 3.63) is 0 Å². The van der Waals surface area contributed by atoms with E-state index >= 15 is 0 Å². The number of unbranched alkanes of at least 4 members (excludes halogenated alkanes) is 3. The molecule has 1 aliphatic rings. The van der Waals surface area contributed by atoms with E-state index in [0.717, 1.165) is 51.6 Å². The molecule has 0 saturated carbocycles. The Morgan fingerprint density at radius 2 is 1.79 bits per heavy atom. The van der Waals surface area contributed by atoms with Gasteiger partial charge < -0.3 is 15.7 Å². The molecule has 1 fully saturated rings. The van der Waals surface area contributed by atoms with E-state index in [1.54, 1.807) is 0 Å². The molecule has 0 aliphatic carbocycles. The number of hydrogen-bond acceptors (Lipinski definition) is 3. The number of carbonyl (C=O) groups is 2. The summed E-state index contributed by atoms with van der Waals surface area (Å²) >= 11 is 0. The van der Waals surface area contributed by atoms with Crippen LogP contribution < -0.4 is 10.6 Å². The van der Waals surface area contributed by atoms with E-state index in [9.17, 15) is 9.59 Å². The van der Waals surface area contributed by atoms with E-state index in [-0.39, 0.29) is 17.7 Å². The number of piperidine rings is 1. The van der Waals surface area contributed by atoms with E-state index in [2.05, 4.69) is 10.6 Å². The number of carboxylic acid groups (broad SMARTS) is 1. The highest BCUT2D eigenvalue weighted by Gasteiger charge is 2.33. The quantitative estimate of drug-likeness (QED) is 0.584. The van der Waals surface area contributed by atoms with Gasteiger partial charge in [-0.2, -0.15) is 0 Å². The van der Waals surface area contributed by atoms with Crippen LogP contribution in [0.3, 0.4) is 0 Å². The van der Waals surface area contributed by atoms with Gasteiger partial charge in [-0.3, -0.25) is 9.59 Å². The minimum atomic E-state index is -0.730. The SMILES string of the molecule is CC1(C(=O)NCCCCCCC(=O)O)CCNCC1. The van der Waals surface area contributed by atoms with Gasteiger partial charge >= 0.3 is 5.97 Å². The topological polar surface area (TPSA) is 78.4 Å². The van der Waals surface area contributed by atoms with Crippen LogP contribution in [-0.2, 0) is 9.59 Å². The standard InChI is InChI=1S/C14H26N2O3/c1-14(7-10-15-11-8-14)13(19)16-9-5-3-2-4-6-12(17)18/h15H,2-11H2,1H3,(H,16,19)(H,17,18). The van der Waals surface area contributed by atoms with Crippen molar-refractivity contribution in [2.45, 2.75) is 51.9 Å². The summed E-state index contributed by atoms with van der Waals surface area (Å²) in [4.78, 5) is 22.4. The maximum atomic E-state index is 12.1. The molecule has 1 amide bonds. The minimum Gasteiger partial charge on any atom is -0.481 e. The van der Waals surface area contributed by atoms with E-state index in [1.807, 2.05) is 6.92 Å². The van der Waals surface area contributed by atoms with Crippen LogP contribution in [-0.4, -0.2) is 36.6 Å². The van der Waals surface area contributed by atoms with Crippen molar-refractivity contribution in [3.8, 4) is 0 Å². The number of hydrogen-bond donors (Lipinski definition) is 3. The van der Waals surface area contributed by atoms with Gasteiger partial charge in [0.15, 0.2) is 0 Å². The summed E-state index contributed by atoms with van der Waals surface area (Å²) < 4.78 is 0. The molecule has 0 atom stereocenters. The molecule has 1 saturated heterocycles. The second-order valence-electron chi connectivity index (χ2n) is 5.62. The number of rotatable bonds is 8. The van der Waals surface area contributed by atoms with E-state index < -0.39 is 5.97 Å². The average molecular weight is 270 g/mol. The zero-order chi connectivity index (χ0) is 14.1. The van der Waals surface area contributed by atoms with Crippen molar-refractivity contribution in [2.24, 2.45) is 5.41 Å². The van der Waals surface area contributed by atoms with Gasteiger partial charge in [0.1, 0.15) is 0 Å². The van der Waals surface area contributed by atoms with Crippen LogP contribution in [0.4, 0.5) is 0 Å². The number of amides is 1. The predicted molar refractivity (Wildman–Crippen MR) is 73.9 cm³/mol. The Bertz CT molecular complexity index is 299. The van der Waals surface area contributed by atoms with Crippen molar-refractivity contribution in [2.75, 3.05) is 19.6 Å². The van der Waals surface area contributed by atoms with Crippen LogP contribution in [0.5, 0.6) is 0 Å². The van der Waals surface area contributed by atoms with Crippen LogP contribution in [0, 0.1) is 5.41 Å². The molecule has 0 aromatic rings. The molecular formula is C14H26N2O3. The fraction of sp³-hybridized carbons (Fsp3) is 0.857. The molecular weight excluding hydrogens is 244 g/mol. The molecule has 0 unspecified atom stereocenters. The van der Waals surface area contributed by atoms with Crippen molar-refractivity contribution in [1.29, 1.82) is 0 Å². The summed E-state index contributed by atoms with van der Waals surface area (Å²) in [5, 5.41) is 14.8. The molecule has 1 aliphatic heterocycles. The lowest BCUT2D eigenvalue weighted by Gasteiger charge is -2.32. The molecule has 0 spiro atoms. The third-order valence-corrected chi connectivity index (χ3v) is 3.86. The van der Waals surface area contributed by atoms with Crippen LogP contribution in [0.25, 0.3) is 0 Å². The first-order valence-corrected chi connectivity index (χ1v) is 7.25. The summed E-state index contributed by atoms with van der Waals surface area (Å²) in [6.45, 7) is 4.57. The zero-order valence-corrected chi connectivity index (χ0v) is 11.8. The highest BCUT2D eigenvalue weighted by Crippen LogP contribution is 2.27. The minimum absolute atomic E-state index is 0.166. The Morgan fingerprint density at radius 1 is 1.16 bits per heavy atom. The first-order chi connectivity index (χ1) is 9.04. The van der Waals surface area contributed by atoms with Crippen molar-refractivity contribution >= 4 is 11.9 Å². The molecule has 0 aromatic carbocycles. The average Bonchev–Trinajstić information content (AvgIpc) is 2.38. The molecule has 5 heteroatoms. The molecule has 0 radical (unpaired) electrons. The summed E-state index contributed by atoms with van der Waals surface area (Å²) in [5.74, 6) is -0.563. The summed E-state index contributed by atoms with van der Waals surface area (Å²) in [7, 11) is 0. The van der Waals surface area contributed by atoms with Crippen LogP contribution in [0.15, 0.2) is 0 Å². The second kappa shape index (κ2) is 8.15. The summed E-state index contributed by atoms with van der Waals surface area (Å²) in [5.41, 5.74) is -0.214. The number of carboxylic acids is 1. The van der Waals surface area contributed by atoms with E-state index in [4.69, 9.17) is 5.11 Å². The lowest BCUT2D eigenvalue weighted by molar-refractivity contribution is -0.137. The van der Waals surface area contributed by atoms with Crippen LogP contribution in [0.2, 0.25) is 0 Å². The molecule has 19 heavy (non-hydrogen) atoms. The smallest absolute Gasteiger partial charge is 0.303 e. The Labute approximate surface area is 115 Å². The van der Waals surface area contributed by atoms with Crippen molar-refractivity contribution in [1.82, 2.24) is 10.6 Å². The Balaban J connectivity index is 2.05. The van der Waals surface area contributed by atoms with Crippen LogP contribution >= 0.6 is 0 Å². The zero-order valence-electron chi connectivity index (χ0n) is 11.8. The van der Waals surface area contributed by atoms with Gasteiger partial charge in [0.05, 0.1) is 0 Å². The maximum Gasteiger partial charge on any atom is 0.303 e. The van der Waals surface area contributed by atoms with Crippen molar-refractivity contribution in [3.63, 3.8) is 0 Å². The van der Waals surface area contributed by atoms with Gasteiger partial charge in [0.2, 0.25) is 5.91 Å². The lowest BCUT2D eigenvalue weighted by Crippen LogP contribution is -2.46. The summed E-state index contributed by atoms with van der Waals surface area (Å²) in [6.07, 6.45) is 5.61. The fourth-order valence-electron chi connectivity index (χ4n) is 2.38. The molecule has 3 N–H and O–H groups in total. The molecule has 0 aromatic heterocycles. The third-order valence-electron chi connectivity index (χ3n) is 3.86. The highest BCUT2D eigenvalue weighted by molar-refractivity contribution is 5.82. The largest absolute Gasteiger partial charge is 0.481 e. The van der Waals surface area contributed by atoms with E-state index in [0.29, 0.717) is 6.54 Å². The Hall–Kier alpha value is -1.10. The predicted octanol–water partition coefficient (Wildman–Crippen LogP) is 1.53. The normalized spacial score (nSPS) is 17.9. The Morgan fingerprint density at radius 3 is 2.42 bits per heavy atom. The molecule has 110 valence electrons. The van der Waals surface area contributed by atoms with Gasteiger partial charge in [-0.25, -0.2) is 0 Å². The molecule has 5 nitrogen and oxygen atoms in total. The Kier molecular flexibility index (Phi) is 6.84. The van der Waals surface area contributed by atoms with Crippen molar-refractivity contribution < 1.29 is 14.7 Å². The third kappa shape index (κ3) is 6.05. The van der Waals surface area contributed by atoms with Gasteiger partial charge in [-0.05, 0) is 38.8 Å². The van der Waals surface area contributed by atoms with Crippen LogP contribution in [0.1, 0.15) is 51.9 Å². The first-order valence-electron chi connectivity index (χ1n) is 7.25. The second-order valence-corrected chi connectivity index (χ2v) is 5.62. The van der Waals surface area contributed by atoms with Gasteiger partial charge in [0, 0.05) is 18.4 Å².